The first kappa shape index (κ1) is 13.7. The number of aromatic nitrogens is 1. The molecule has 0 bridgehead atoms. The van der Waals surface area contributed by atoms with Crippen molar-refractivity contribution in [3.63, 3.8) is 0 Å². The van der Waals surface area contributed by atoms with E-state index in [0.29, 0.717) is 6.04 Å². The highest BCUT2D eigenvalue weighted by Crippen LogP contribution is 2.33. The first-order valence-electron chi connectivity index (χ1n) is 7.15. The van der Waals surface area contributed by atoms with Gasteiger partial charge in [-0.1, -0.05) is 36.4 Å². The second-order valence-corrected chi connectivity index (χ2v) is 6.07. The summed E-state index contributed by atoms with van der Waals surface area (Å²) in [6.45, 7) is 2.22. The fraction of sp³-hybridized carbons (Fsp3) is 0.353. The lowest BCUT2D eigenvalue weighted by Gasteiger charge is -2.24. The lowest BCUT2D eigenvalue weighted by Crippen LogP contribution is -2.22. The molecule has 0 radical (unpaired) electrons. The third-order valence-electron chi connectivity index (χ3n) is 3.95. The van der Waals surface area contributed by atoms with Gasteiger partial charge >= 0.3 is 0 Å². The summed E-state index contributed by atoms with van der Waals surface area (Å²) in [5, 5.41) is 1.10. The lowest BCUT2D eigenvalue weighted by molar-refractivity contribution is 0.248. The second-order valence-electron chi connectivity index (χ2n) is 5.25. The maximum absolute atomic E-state index is 4.52. The summed E-state index contributed by atoms with van der Waals surface area (Å²) < 4.78 is 0. The van der Waals surface area contributed by atoms with Crippen LogP contribution in [0.15, 0.2) is 53.7 Å². The smallest absolute Gasteiger partial charge is 0.0957 e. The van der Waals surface area contributed by atoms with Crippen LogP contribution in [0.2, 0.25) is 0 Å². The van der Waals surface area contributed by atoms with E-state index in [1.807, 2.05) is 0 Å². The zero-order valence-corrected chi connectivity index (χ0v) is 12.6. The predicted molar refractivity (Wildman–Crippen MR) is 84.8 cm³/mol. The number of thioether (sulfide) groups is 1. The molecule has 104 valence electrons. The molecule has 1 atom stereocenters. The van der Waals surface area contributed by atoms with Crippen molar-refractivity contribution in [1.82, 2.24) is 9.88 Å². The van der Waals surface area contributed by atoms with Crippen LogP contribution in [0, 0.1) is 0 Å². The van der Waals surface area contributed by atoms with Gasteiger partial charge < -0.3 is 0 Å². The van der Waals surface area contributed by atoms with Gasteiger partial charge in [-0.15, -0.1) is 11.8 Å². The molecule has 3 rings (SSSR count). The number of rotatable bonds is 4. The highest BCUT2D eigenvalue weighted by molar-refractivity contribution is 7.98. The van der Waals surface area contributed by atoms with E-state index in [1.54, 1.807) is 11.8 Å². The Labute approximate surface area is 125 Å². The predicted octanol–water partition coefficient (Wildman–Crippen LogP) is 4.14. The van der Waals surface area contributed by atoms with E-state index in [2.05, 4.69) is 64.8 Å². The summed E-state index contributed by atoms with van der Waals surface area (Å²) >= 11 is 1.70. The number of likely N-dealkylation sites (tertiary alicyclic amines) is 1. The van der Waals surface area contributed by atoms with Crippen molar-refractivity contribution in [3.8, 4) is 0 Å². The zero-order chi connectivity index (χ0) is 13.8. The van der Waals surface area contributed by atoms with E-state index in [-0.39, 0.29) is 0 Å². The highest BCUT2D eigenvalue weighted by Gasteiger charge is 2.26. The van der Waals surface area contributed by atoms with Gasteiger partial charge in [0.25, 0.3) is 0 Å². The molecule has 1 aliphatic heterocycles. The SMILES string of the molecule is CSc1ccc(C2CCCN2Cc2ccccc2)cn1. The summed E-state index contributed by atoms with van der Waals surface area (Å²) in [4.78, 5) is 7.09. The van der Waals surface area contributed by atoms with Gasteiger partial charge in [-0.05, 0) is 42.8 Å². The van der Waals surface area contributed by atoms with Gasteiger partial charge in [-0.3, -0.25) is 4.90 Å². The summed E-state index contributed by atoms with van der Waals surface area (Å²) in [7, 11) is 0. The van der Waals surface area contributed by atoms with Crippen LogP contribution in [0.5, 0.6) is 0 Å². The molecule has 1 aromatic carbocycles. The normalized spacial score (nSPS) is 19.4. The number of hydrogen-bond donors (Lipinski definition) is 0. The largest absolute Gasteiger partial charge is 0.292 e. The first-order chi connectivity index (χ1) is 9.86. The fourth-order valence-corrected chi connectivity index (χ4v) is 3.28. The van der Waals surface area contributed by atoms with Gasteiger partial charge in [0, 0.05) is 18.8 Å². The maximum atomic E-state index is 4.52. The molecular weight excluding hydrogens is 264 g/mol. The van der Waals surface area contributed by atoms with Gasteiger partial charge in [0.1, 0.15) is 0 Å². The molecule has 2 nitrogen and oxygen atoms in total. The van der Waals surface area contributed by atoms with Crippen molar-refractivity contribution in [3.05, 3.63) is 59.8 Å². The standard InChI is InChI=1S/C17H20N2S/c1-20-17-10-9-15(12-18-17)16-8-5-11-19(16)13-14-6-3-2-4-7-14/h2-4,6-7,9-10,12,16H,5,8,11,13H2,1H3. The molecule has 0 aliphatic carbocycles. The summed E-state index contributed by atoms with van der Waals surface area (Å²) in [5.41, 5.74) is 2.75. The van der Waals surface area contributed by atoms with Crippen LogP contribution >= 0.6 is 11.8 Å². The van der Waals surface area contributed by atoms with Gasteiger partial charge in [0.15, 0.2) is 0 Å². The number of pyridine rings is 1. The van der Waals surface area contributed by atoms with E-state index in [0.717, 1.165) is 11.6 Å². The fourth-order valence-electron chi connectivity index (χ4n) is 2.92. The van der Waals surface area contributed by atoms with Crippen molar-refractivity contribution < 1.29 is 0 Å². The Balaban J connectivity index is 1.74. The van der Waals surface area contributed by atoms with Crippen LogP contribution in [0.25, 0.3) is 0 Å². The van der Waals surface area contributed by atoms with Crippen LogP contribution in [0.4, 0.5) is 0 Å². The minimum absolute atomic E-state index is 0.526. The maximum Gasteiger partial charge on any atom is 0.0957 e. The number of nitrogens with zero attached hydrogens (tertiary/aromatic N) is 2. The van der Waals surface area contributed by atoms with Gasteiger partial charge in [0.2, 0.25) is 0 Å². The van der Waals surface area contributed by atoms with Crippen LogP contribution in [0.3, 0.4) is 0 Å². The van der Waals surface area contributed by atoms with Crippen molar-refractivity contribution in [2.24, 2.45) is 0 Å². The van der Waals surface area contributed by atoms with Crippen LogP contribution in [-0.4, -0.2) is 22.7 Å². The summed E-state index contributed by atoms with van der Waals surface area (Å²) in [5.74, 6) is 0. The van der Waals surface area contributed by atoms with Crippen molar-refractivity contribution in [2.75, 3.05) is 12.8 Å². The van der Waals surface area contributed by atoms with E-state index >= 15 is 0 Å². The Morgan fingerprint density at radius 2 is 2.05 bits per heavy atom. The van der Waals surface area contributed by atoms with Gasteiger partial charge in [0.05, 0.1) is 5.03 Å². The molecule has 0 saturated carbocycles. The molecule has 2 aromatic rings. The Bertz CT molecular complexity index is 539. The molecule has 1 aliphatic rings. The molecule has 2 heterocycles. The van der Waals surface area contributed by atoms with Crippen LogP contribution in [0.1, 0.15) is 30.0 Å². The molecule has 1 fully saturated rings. The zero-order valence-electron chi connectivity index (χ0n) is 11.8. The topological polar surface area (TPSA) is 16.1 Å². The Morgan fingerprint density at radius 3 is 2.75 bits per heavy atom. The molecule has 20 heavy (non-hydrogen) atoms. The number of benzene rings is 1. The number of hydrogen-bond acceptors (Lipinski definition) is 3. The van der Waals surface area contributed by atoms with E-state index in [9.17, 15) is 0 Å². The Kier molecular flexibility index (Phi) is 4.38. The average Bonchev–Trinajstić information content (AvgIpc) is 2.96. The minimum atomic E-state index is 0.526. The molecule has 1 unspecified atom stereocenters. The van der Waals surface area contributed by atoms with E-state index in [1.165, 1.54) is 30.5 Å². The Morgan fingerprint density at radius 1 is 1.20 bits per heavy atom. The molecular formula is C17H20N2S. The first-order valence-corrected chi connectivity index (χ1v) is 8.37. The van der Waals surface area contributed by atoms with Gasteiger partial charge in [-0.2, -0.15) is 0 Å². The van der Waals surface area contributed by atoms with Crippen molar-refractivity contribution in [2.45, 2.75) is 30.5 Å². The molecule has 3 heteroatoms. The Hall–Kier alpha value is -1.32. The van der Waals surface area contributed by atoms with E-state index in [4.69, 9.17) is 0 Å². The summed E-state index contributed by atoms with van der Waals surface area (Å²) in [6.07, 6.45) is 6.65. The van der Waals surface area contributed by atoms with Crippen LogP contribution < -0.4 is 0 Å². The molecule has 0 spiro atoms. The highest BCUT2D eigenvalue weighted by atomic mass is 32.2. The summed E-state index contributed by atoms with van der Waals surface area (Å²) in [6, 6.07) is 15.7. The molecule has 0 amide bonds. The third kappa shape index (κ3) is 3.05. The van der Waals surface area contributed by atoms with Crippen molar-refractivity contribution >= 4 is 11.8 Å². The minimum Gasteiger partial charge on any atom is -0.292 e. The van der Waals surface area contributed by atoms with Gasteiger partial charge in [-0.25, -0.2) is 4.98 Å². The van der Waals surface area contributed by atoms with E-state index < -0.39 is 0 Å². The quantitative estimate of drug-likeness (QED) is 0.785. The molecule has 0 N–H and O–H groups in total. The van der Waals surface area contributed by atoms with Crippen molar-refractivity contribution in [1.29, 1.82) is 0 Å². The molecule has 1 saturated heterocycles. The lowest BCUT2D eigenvalue weighted by atomic mass is 10.1. The average molecular weight is 284 g/mol. The monoisotopic (exact) mass is 284 g/mol. The van der Waals surface area contributed by atoms with Crippen LogP contribution in [-0.2, 0) is 6.54 Å². The molecule has 1 aromatic heterocycles. The second kappa shape index (κ2) is 6.42. The third-order valence-corrected chi connectivity index (χ3v) is 4.61.